The van der Waals surface area contributed by atoms with E-state index < -0.39 is 0 Å². The molecule has 0 bridgehead atoms. The highest BCUT2D eigenvalue weighted by molar-refractivity contribution is 7.25. The Labute approximate surface area is 448 Å². The number of anilines is 8. The van der Waals surface area contributed by atoms with Gasteiger partial charge in [0.2, 0.25) is 0 Å². The molecule has 3 aliphatic heterocycles. The molecular formula is C70H64BN3S. The number of thiophene rings is 1. The molecule has 0 amide bonds. The van der Waals surface area contributed by atoms with E-state index in [1.165, 1.54) is 123 Å². The highest BCUT2D eigenvalue weighted by Gasteiger charge is 2.61. The van der Waals surface area contributed by atoms with Gasteiger partial charge in [-0.25, -0.2) is 0 Å². The fraction of sp³-hybridized carbons (Fsp3) is 0.229. The van der Waals surface area contributed by atoms with Crippen molar-refractivity contribution in [3.8, 4) is 22.3 Å². The lowest BCUT2D eigenvalue weighted by Crippen LogP contribution is -2.64. The predicted octanol–water partition coefficient (Wildman–Crippen LogP) is 17.8. The van der Waals surface area contributed by atoms with Crippen LogP contribution in [0.1, 0.15) is 97.8 Å². The molecule has 0 N–H and O–H groups in total. The smallest absolute Gasteiger partial charge is 0.252 e. The van der Waals surface area contributed by atoms with Gasteiger partial charge in [-0.1, -0.05) is 183 Å². The monoisotopic (exact) mass is 989 g/mol. The Bertz CT molecular complexity index is 3920. The highest BCUT2D eigenvalue weighted by atomic mass is 32.1. The molecule has 4 heterocycles. The van der Waals surface area contributed by atoms with Crippen LogP contribution in [0.15, 0.2) is 194 Å². The molecule has 368 valence electrons. The van der Waals surface area contributed by atoms with Crippen LogP contribution >= 0.6 is 11.3 Å². The van der Waals surface area contributed by atoms with Crippen molar-refractivity contribution in [2.75, 3.05) is 14.7 Å². The minimum atomic E-state index is -0.0891. The van der Waals surface area contributed by atoms with Gasteiger partial charge >= 0.3 is 0 Å². The third-order valence-corrected chi connectivity index (χ3v) is 19.3. The zero-order valence-electron chi connectivity index (χ0n) is 44.6. The van der Waals surface area contributed by atoms with Crippen LogP contribution in [0.2, 0.25) is 0 Å². The Balaban J connectivity index is 1.09. The molecule has 10 aromatic rings. The van der Waals surface area contributed by atoms with Gasteiger partial charge < -0.3 is 14.7 Å². The third kappa shape index (κ3) is 6.92. The minimum Gasteiger partial charge on any atom is -0.335 e. The maximum atomic E-state index is 2.87. The largest absolute Gasteiger partial charge is 0.335 e. The lowest BCUT2D eigenvalue weighted by molar-refractivity contribution is 0.195. The summed E-state index contributed by atoms with van der Waals surface area (Å²) >= 11 is 1.88. The van der Waals surface area contributed by atoms with Crippen molar-refractivity contribution in [1.29, 1.82) is 0 Å². The first-order valence-electron chi connectivity index (χ1n) is 27.3. The van der Waals surface area contributed by atoms with Crippen LogP contribution in [0, 0.1) is 0 Å². The highest BCUT2D eigenvalue weighted by Crippen LogP contribution is 2.62. The van der Waals surface area contributed by atoms with E-state index in [4.69, 9.17) is 0 Å². The van der Waals surface area contributed by atoms with Crippen LogP contribution in [0.25, 0.3) is 42.4 Å². The summed E-state index contributed by atoms with van der Waals surface area (Å²) in [6.45, 7) is 19.1. The molecule has 2 unspecified atom stereocenters. The zero-order valence-corrected chi connectivity index (χ0v) is 45.4. The summed E-state index contributed by atoms with van der Waals surface area (Å²) in [5.41, 5.74) is 23.0. The predicted molar refractivity (Wildman–Crippen MR) is 324 cm³/mol. The maximum absolute atomic E-state index is 2.87. The summed E-state index contributed by atoms with van der Waals surface area (Å²) in [5, 5.41) is 2.59. The van der Waals surface area contributed by atoms with E-state index in [-0.39, 0.29) is 28.5 Å². The van der Waals surface area contributed by atoms with Crippen molar-refractivity contribution in [3.63, 3.8) is 0 Å². The molecule has 5 heteroatoms. The average Bonchev–Trinajstić information content (AvgIpc) is 3.92. The molecule has 1 fully saturated rings. The number of benzene rings is 9. The number of rotatable bonds is 6. The van der Waals surface area contributed by atoms with Crippen LogP contribution in [0.3, 0.4) is 0 Å². The third-order valence-electron chi connectivity index (χ3n) is 18.1. The zero-order chi connectivity index (χ0) is 51.2. The Kier molecular flexibility index (Phi) is 10.2. The second kappa shape index (κ2) is 16.6. The Morgan fingerprint density at radius 1 is 0.480 bits per heavy atom. The van der Waals surface area contributed by atoms with Crippen molar-refractivity contribution in [2.24, 2.45) is 0 Å². The van der Waals surface area contributed by atoms with Crippen LogP contribution < -0.4 is 31.1 Å². The van der Waals surface area contributed by atoms with Gasteiger partial charge in [0, 0.05) is 71.0 Å². The summed E-state index contributed by atoms with van der Waals surface area (Å²) in [6, 6.07) is 74.8. The van der Waals surface area contributed by atoms with Crippen LogP contribution in [-0.2, 0) is 16.2 Å². The molecule has 1 saturated carbocycles. The molecule has 3 nitrogen and oxygen atoms in total. The van der Waals surface area contributed by atoms with Gasteiger partial charge in [-0.3, -0.25) is 0 Å². The summed E-state index contributed by atoms with van der Waals surface area (Å²) in [4.78, 5) is 8.05. The van der Waals surface area contributed by atoms with Gasteiger partial charge in [0.1, 0.15) is 0 Å². The molecule has 0 spiro atoms. The van der Waals surface area contributed by atoms with Crippen LogP contribution in [-0.4, -0.2) is 12.3 Å². The molecule has 75 heavy (non-hydrogen) atoms. The number of fused-ring (bicyclic) bond motifs is 10. The van der Waals surface area contributed by atoms with Gasteiger partial charge in [0.05, 0.1) is 11.2 Å². The summed E-state index contributed by atoms with van der Waals surface area (Å²) < 4.78 is 2.62. The first-order chi connectivity index (χ1) is 36.2. The van der Waals surface area contributed by atoms with E-state index in [2.05, 4.69) is 264 Å². The van der Waals surface area contributed by atoms with Crippen molar-refractivity contribution >= 4 is 100 Å². The summed E-state index contributed by atoms with van der Waals surface area (Å²) in [6.07, 6.45) is 4.84. The fourth-order valence-corrected chi connectivity index (χ4v) is 15.0. The summed E-state index contributed by atoms with van der Waals surface area (Å²) in [7, 11) is 0. The Morgan fingerprint density at radius 3 is 1.88 bits per heavy atom. The molecule has 0 radical (unpaired) electrons. The molecule has 1 aliphatic carbocycles. The lowest BCUT2D eigenvalue weighted by Gasteiger charge is -2.53. The SMILES string of the molecule is CC(C)(C)c1ccc(N(c2ccc3c(c2)N(c2ccc(C(C)(C)C)cc2-c2ccccc2)c2cc(-c4ccccc4)cc4c2B3c2cccc3c2N4C2(C)CCCCC32C)c2ccc3sc4ccccc4c3c2)cc1. The van der Waals surface area contributed by atoms with Gasteiger partial charge in [-0.05, 0) is 153 Å². The van der Waals surface area contributed by atoms with Gasteiger partial charge in [-0.15, -0.1) is 11.3 Å². The molecule has 0 saturated heterocycles. The Morgan fingerprint density at radius 2 is 1.12 bits per heavy atom. The molecular weight excluding hydrogens is 926 g/mol. The quantitative estimate of drug-likeness (QED) is 0.154. The van der Waals surface area contributed by atoms with Crippen LogP contribution in [0.4, 0.5) is 45.5 Å². The maximum Gasteiger partial charge on any atom is 0.252 e. The van der Waals surface area contributed by atoms with Crippen molar-refractivity contribution in [1.82, 2.24) is 0 Å². The first-order valence-corrected chi connectivity index (χ1v) is 28.1. The normalized spacial score (nSPS) is 18.5. The van der Waals surface area contributed by atoms with Crippen molar-refractivity contribution in [3.05, 3.63) is 211 Å². The number of hydrogen-bond acceptors (Lipinski definition) is 4. The topological polar surface area (TPSA) is 9.72 Å². The van der Waals surface area contributed by atoms with E-state index in [9.17, 15) is 0 Å². The van der Waals surface area contributed by atoms with Crippen LogP contribution in [0.5, 0.6) is 0 Å². The molecule has 2 atom stereocenters. The number of nitrogens with zero attached hydrogens (tertiary/aromatic N) is 3. The summed E-state index contributed by atoms with van der Waals surface area (Å²) in [5.74, 6) is 0. The number of para-hydroxylation sites is 1. The van der Waals surface area contributed by atoms with Crippen molar-refractivity contribution in [2.45, 2.75) is 103 Å². The molecule has 4 aliphatic rings. The van der Waals surface area contributed by atoms with E-state index in [0.29, 0.717) is 0 Å². The number of hydrogen-bond donors (Lipinski definition) is 0. The van der Waals surface area contributed by atoms with Gasteiger partial charge in [0.15, 0.2) is 0 Å². The molecule has 1 aromatic heterocycles. The van der Waals surface area contributed by atoms with E-state index >= 15 is 0 Å². The fourth-order valence-electron chi connectivity index (χ4n) is 13.9. The second-order valence-electron chi connectivity index (χ2n) is 24.5. The standard InChI is InChI=1S/C70H64BN3S/c1-67(2,3)48-28-31-50(32-29-48)72(51-34-37-64-55(43-51)53-24-15-16-27-63(53)75-64)52-33-35-57-60(44-52)73(59-36-30-49(68(4,5)6)42-54(59)46-22-13-10-14-23-46)61-40-47(45-20-11-9-12-21-45)41-62-65(61)71(57)58-26-19-25-56-66(58)74(62)70(8)39-18-17-38-69(56,70)7/h9-16,19-37,40-44H,17-18,38-39H2,1-8H3. The average molecular weight is 990 g/mol. The van der Waals surface area contributed by atoms with Gasteiger partial charge in [0.25, 0.3) is 6.71 Å². The van der Waals surface area contributed by atoms with Gasteiger partial charge in [-0.2, -0.15) is 0 Å². The Hall–Kier alpha value is -7.34. The van der Waals surface area contributed by atoms with E-state index in [0.717, 1.165) is 23.5 Å². The lowest BCUT2D eigenvalue weighted by atomic mass is 9.33. The second-order valence-corrected chi connectivity index (χ2v) is 25.5. The molecule has 9 aromatic carbocycles. The van der Waals surface area contributed by atoms with E-state index in [1.807, 2.05) is 11.3 Å². The first kappa shape index (κ1) is 46.2. The van der Waals surface area contributed by atoms with E-state index in [1.54, 1.807) is 0 Å². The minimum absolute atomic E-state index is 0.00723. The molecule has 14 rings (SSSR count). The van der Waals surface area contributed by atoms with Crippen molar-refractivity contribution < 1.29 is 0 Å².